The third-order valence-electron chi connectivity index (χ3n) is 5.18. The quantitative estimate of drug-likeness (QED) is 0.506. The summed E-state index contributed by atoms with van der Waals surface area (Å²) >= 11 is 0. The molecule has 1 heterocycles. The first-order chi connectivity index (χ1) is 14.7. The van der Waals surface area contributed by atoms with Gasteiger partial charge in [0.15, 0.2) is 11.5 Å². The molecular formula is C23H29N3O4S. The predicted molar refractivity (Wildman–Crippen MR) is 120 cm³/mol. The van der Waals surface area contributed by atoms with Crippen LogP contribution in [-0.4, -0.2) is 43.3 Å². The van der Waals surface area contributed by atoms with Crippen LogP contribution in [0.2, 0.25) is 0 Å². The number of nitrogens with zero attached hydrogens (tertiary/aromatic N) is 3. The fourth-order valence-corrected chi connectivity index (χ4v) is 5.19. The van der Waals surface area contributed by atoms with Crippen LogP contribution in [0.15, 0.2) is 53.7 Å². The molecule has 8 heteroatoms. The van der Waals surface area contributed by atoms with Gasteiger partial charge in [0.25, 0.3) is 0 Å². The lowest BCUT2D eigenvalue weighted by molar-refractivity contribution is 0.354. The minimum absolute atomic E-state index is 0.247. The Hall–Kier alpha value is -2.84. The standard InChI is InChI=1S/C23H29N3O4S/c1-17-6-7-18(2)23(12-17)31(27,28)26(16-20-14-24-25(3)15-20)11-10-19-8-9-21(29-4)22(13-19)30-5/h6-9,12-15H,10-11,16H2,1-5H3. The molecule has 0 bridgehead atoms. The van der Waals surface area contributed by atoms with E-state index in [2.05, 4.69) is 5.10 Å². The van der Waals surface area contributed by atoms with Crippen molar-refractivity contribution in [3.63, 3.8) is 0 Å². The van der Waals surface area contributed by atoms with Crippen LogP contribution in [0.25, 0.3) is 0 Å². The monoisotopic (exact) mass is 443 g/mol. The first-order valence-corrected chi connectivity index (χ1v) is 11.4. The number of hydrogen-bond acceptors (Lipinski definition) is 5. The van der Waals surface area contributed by atoms with Crippen molar-refractivity contribution in [3.8, 4) is 11.5 Å². The molecule has 0 saturated heterocycles. The molecule has 1 aromatic heterocycles. The third-order valence-corrected chi connectivity index (χ3v) is 7.16. The molecule has 0 N–H and O–H groups in total. The lowest BCUT2D eigenvalue weighted by Gasteiger charge is -2.23. The number of aromatic nitrogens is 2. The van der Waals surface area contributed by atoms with Gasteiger partial charge < -0.3 is 9.47 Å². The summed E-state index contributed by atoms with van der Waals surface area (Å²) in [6.07, 6.45) is 4.06. The molecule has 0 unspecified atom stereocenters. The summed E-state index contributed by atoms with van der Waals surface area (Å²) in [6, 6.07) is 11.1. The Morgan fingerprint density at radius 1 is 1.00 bits per heavy atom. The van der Waals surface area contributed by atoms with Crippen LogP contribution in [0.1, 0.15) is 22.3 Å². The molecule has 3 aromatic rings. The second kappa shape index (κ2) is 9.53. The smallest absolute Gasteiger partial charge is 0.243 e. The molecular weight excluding hydrogens is 414 g/mol. The maximum atomic E-state index is 13.6. The molecule has 0 spiro atoms. The van der Waals surface area contributed by atoms with Crippen molar-refractivity contribution in [1.29, 1.82) is 0 Å². The van der Waals surface area contributed by atoms with Gasteiger partial charge in [-0.2, -0.15) is 9.40 Å². The highest BCUT2D eigenvalue weighted by molar-refractivity contribution is 7.89. The minimum atomic E-state index is -3.70. The van der Waals surface area contributed by atoms with Gasteiger partial charge in [-0.15, -0.1) is 0 Å². The Kier molecular flexibility index (Phi) is 7.02. The molecule has 0 amide bonds. The molecule has 0 aliphatic rings. The second-order valence-corrected chi connectivity index (χ2v) is 9.48. The summed E-state index contributed by atoms with van der Waals surface area (Å²) in [4.78, 5) is 0.337. The Morgan fingerprint density at radius 3 is 2.39 bits per heavy atom. The summed E-state index contributed by atoms with van der Waals surface area (Å²) in [5, 5.41) is 4.18. The SMILES string of the molecule is COc1ccc(CCN(Cc2cnn(C)c2)S(=O)(=O)c2cc(C)ccc2C)cc1OC. The molecule has 7 nitrogen and oxygen atoms in total. The van der Waals surface area contributed by atoms with E-state index in [1.54, 1.807) is 31.2 Å². The van der Waals surface area contributed by atoms with Gasteiger partial charge in [-0.05, 0) is 55.2 Å². The van der Waals surface area contributed by atoms with Crippen LogP contribution in [0.5, 0.6) is 11.5 Å². The largest absolute Gasteiger partial charge is 0.493 e. The van der Waals surface area contributed by atoms with Gasteiger partial charge >= 0.3 is 0 Å². The van der Waals surface area contributed by atoms with Crippen LogP contribution in [0.4, 0.5) is 0 Å². The Balaban J connectivity index is 1.92. The number of benzene rings is 2. The highest BCUT2D eigenvalue weighted by atomic mass is 32.2. The van der Waals surface area contributed by atoms with Crippen molar-refractivity contribution in [2.45, 2.75) is 31.7 Å². The van der Waals surface area contributed by atoms with Gasteiger partial charge in [0.1, 0.15) is 0 Å². The summed E-state index contributed by atoms with van der Waals surface area (Å²) in [6.45, 7) is 4.29. The lowest BCUT2D eigenvalue weighted by Crippen LogP contribution is -2.33. The van der Waals surface area contributed by atoms with E-state index in [0.29, 0.717) is 29.4 Å². The average molecular weight is 444 g/mol. The number of sulfonamides is 1. The Morgan fingerprint density at radius 2 is 1.74 bits per heavy atom. The molecule has 31 heavy (non-hydrogen) atoms. The highest BCUT2D eigenvalue weighted by Crippen LogP contribution is 2.28. The maximum Gasteiger partial charge on any atom is 0.243 e. The minimum Gasteiger partial charge on any atom is -0.493 e. The fourth-order valence-electron chi connectivity index (χ4n) is 3.46. The maximum absolute atomic E-state index is 13.6. The molecule has 0 aliphatic heterocycles. The zero-order chi connectivity index (χ0) is 22.6. The Bertz CT molecular complexity index is 1160. The van der Waals surface area contributed by atoms with E-state index >= 15 is 0 Å². The van der Waals surface area contributed by atoms with Crippen molar-refractivity contribution in [3.05, 3.63) is 71.0 Å². The van der Waals surface area contributed by atoms with Crippen LogP contribution in [-0.2, 0) is 30.0 Å². The van der Waals surface area contributed by atoms with Crippen molar-refractivity contribution in [1.82, 2.24) is 14.1 Å². The van der Waals surface area contributed by atoms with Crippen molar-refractivity contribution < 1.29 is 17.9 Å². The fraction of sp³-hybridized carbons (Fsp3) is 0.348. The molecule has 0 saturated carbocycles. The summed E-state index contributed by atoms with van der Waals surface area (Å²) in [5.74, 6) is 1.26. The molecule has 0 atom stereocenters. The van der Waals surface area contributed by atoms with Crippen molar-refractivity contribution >= 4 is 10.0 Å². The molecule has 0 radical (unpaired) electrons. The topological polar surface area (TPSA) is 73.7 Å². The van der Waals surface area contributed by atoms with Gasteiger partial charge in [-0.3, -0.25) is 4.68 Å². The molecule has 3 rings (SSSR count). The summed E-state index contributed by atoms with van der Waals surface area (Å²) in [7, 11) is 1.29. The second-order valence-electron chi connectivity index (χ2n) is 7.57. The Labute approximate surface area is 184 Å². The van der Waals surface area contributed by atoms with E-state index in [9.17, 15) is 8.42 Å². The number of rotatable bonds is 9. The molecule has 166 valence electrons. The van der Waals surface area contributed by atoms with Gasteiger partial charge in [0, 0.05) is 31.9 Å². The van der Waals surface area contributed by atoms with Crippen LogP contribution < -0.4 is 9.47 Å². The van der Waals surface area contributed by atoms with Crippen LogP contribution in [0, 0.1) is 13.8 Å². The normalized spacial score (nSPS) is 11.7. The number of aryl methyl sites for hydroxylation is 3. The number of ether oxygens (including phenoxy) is 2. The zero-order valence-corrected chi connectivity index (χ0v) is 19.4. The van der Waals surface area contributed by atoms with E-state index in [1.165, 1.54) is 4.31 Å². The van der Waals surface area contributed by atoms with Crippen LogP contribution >= 0.6 is 0 Å². The van der Waals surface area contributed by atoms with E-state index in [0.717, 1.165) is 22.3 Å². The van der Waals surface area contributed by atoms with Crippen LogP contribution in [0.3, 0.4) is 0 Å². The molecule has 2 aromatic carbocycles. The first-order valence-electron chi connectivity index (χ1n) is 10.0. The average Bonchev–Trinajstić information content (AvgIpc) is 3.17. The van der Waals surface area contributed by atoms with Gasteiger partial charge in [-0.25, -0.2) is 8.42 Å². The van der Waals surface area contributed by atoms with Gasteiger partial charge in [0.2, 0.25) is 10.0 Å². The number of hydrogen-bond donors (Lipinski definition) is 0. The predicted octanol–water partition coefficient (Wildman–Crippen LogP) is 3.49. The number of methoxy groups -OCH3 is 2. The van der Waals surface area contributed by atoms with Crippen molar-refractivity contribution in [2.24, 2.45) is 7.05 Å². The summed E-state index contributed by atoms with van der Waals surface area (Å²) < 4.78 is 41.1. The first kappa shape index (κ1) is 22.8. The lowest BCUT2D eigenvalue weighted by atomic mass is 10.1. The van der Waals surface area contributed by atoms with E-state index in [4.69, 9.17) is 9.47 Å². The molecule has 0 aliphatic carbocycles. The summed E-state index contributed by atoms with van der Waals surface area (Å²) in [5.41, 5.74) is 3.44. The van der Waals surface area contributed by atoms with Gasteiger partial charge in [0.05, 0.1) is 25.3 Å². The zero-order valence-electron chi connectivity index (χ0n) is 18.6. The van der Waals surface area contributed by atoms with Gasteiger partial charge in [-0.1, -0.05) is 18.2 Å². The highest BCUT2D eigenvalue weighted by Gasteiger charge is 2.27. The van der Waals surface area contributed by atoms with E-state index in [1.807, 2.05) is 57.4 Å². The third kappa shape index (κ3) is 5.26. The van der Waals surface area contributed by atoms with E-state index in [-0.39, 0.29) is 6.54 Å². The van der Waals surface area contributed by atoms with Crippen molar-refractivity contribution in [2.75, 3.05) is 20.8 Å². The molecule has 0 fully saturated rings. The van der Waals surface area contributed by atoms with E-state index < -0.39 is 10.0 Å².